The highest BCUT2D eigenvalue weighted by atomic mass is 35.5. The molecule has 0 unspecified atom stereocenters. The molecule has 0 radical (unpaired) electrons. The number of carbonyl (C=O) groups excluding carboxylic acids is 2. The van der Waals surface area contributed by atoms with Crippen LogP contribution < -0.4 is 10.6 Å². The minimum Gasteiger partial charge on any atom is -0.444 e. The van der Waals surface area contributed by atoms with E-state index in [0.717, 1.165) is 6.07 Å². The third-order valence-corrected chi connectivity index (χ3v) is 9.17. The van der Waals surface area contributed by atoms with E-state index in [1.165, 1.54) is 4.31 Å². The summed E-state index contributed by atoms with van der Waals surface area (Å²) in [6, 6.07) is 1.01. The number of carbonyl (C=O) groups is 2. The Morgan fingerprint density at radius 3 is 2.28 bits per heavy atom. The Hall–Kier alpha value is -2.05. The van der Waals surface area contributed by atoms with Crippen molar-refractivity contribution >= 4 is 33.6 Å². The van der Waals surface area contributed by atoms with Gasteiger partial charge in [-0.3, -0.25) is 4.79 Å². The van der Waals surface area contributed by atoms with Gasteiger partial charge in [0.05, 0.1) is 10.6 Å². The lowest BCUT2D eigenvalue weighted by Crippen LogP contribution is -2.53. The number of alkyl carbamates (subject to hydrolysis) is 1. The van der Waals surface area contributed by atoms with Crippen LogP contribution in [0, 0.1) is 17.3 Å². The quantitative estimate of drug-likeness (QED) is 0.470. The van der Waals surface area contributed by atoms with Crippen molar-refractivity contribution in [3.8, 4) is 0 Å². The van der Waals surface area contributed by atoms with E-state index in [1.807, 2.05) is 20.8 Å². The average Bonchev–Trinajstić information content (AvgIpc) is 3.32. The lowest BCUT2D eigenvalue weighted by atomic mass is 9.87. The van der Waals surface area contributed by atoms with E-state index in [4.69, 9.17) is 16.3 Å². The largest absolute Gasteiger partial charge is 0.444 e. The number of nitrogens with one attached hydrogen (secondary N) is 2. The Labute approximate surface area is 233 Å². The standard InChI is InChI=1S/C26H37ClF3N3O5S/c1-24(2,3)12-20(32-23(35)38-25(4,5)6)22(34)31-19-9-7-15-13-33(14-17(15)19)39(36,37)21-10-8-16(11-18(21)27)26(28,29)30/h8,10-11,15,17,19-20H,7,9,12-14H2,1-6H3,(H,31,34)(H,32,35)/t15-,17+,19+,20+/m1/s1. The molecule has 8 nitrogen and oxygen atoms in total. The molecule has 39 heavy (non-hydrogen) atoms. The van der Waals surface area contributed by atoms with Crippen molar-refractivity contribution < 1.29 is 35.9 Å². The van der Waals surface area contributed by atoms with Gasteiger partial charge in [0.2, 0.25) is 15.9 Å². The van der Waals surface area contributed by atoms with Crippen LogP contribution in [-0.2, 0) is 25.7 Å². The molecule has 1 aromatic carbocycles. The maximum atomic E-state index is 13.3. The summed E-state index contributed by atoms with van der Waals surface area (Å²) < 4.78 is 72.1. The zero-order valence-electron chi connectivity index (χ0n) is 23.0. The molecule has 220 valence electrons. The van der Waals surface area contributed by atoms with Gasteiger partial charge in [-0.15, -0.1) is 0 Å². The number of alkyl halides is 3. The fourth-order valence-electron chi connectivity index (χ4n) is 5.18. The van der Waals surface area contributed by atoms with Crippen LogP contribution in [0.2, 0.25) is 5.02 Å². The van der Waals surface area contributed by atoms with Gasteiger partial charge < -0.3 is 15.4 Å². The Bertz CT molecular complexity index is 1190. The molecule has 0 aromatic heterocycles. The van der Waals surface area contributed by atoms with Gasteiger partial charge in [-0.25, -0.2) is 13.2 Å². The average molecular weight is 596 g/mol. The van der Waals surface area contributed by atoms with Crippen molar-refractivity contribution in [2.75, 3.05) is 13.1 Å². The predicted octanol–water partition coefficient (Wildman–Crippen LogP) is 5.20. The van der Waals surface area contributed by atoms with E-state index in [2.05, 4.69) is 10.6 Å². The normalized spacial score (nSPS) is 23.3. The fourth-order valence-corrected chi connectivity index (χ4v) is 7.23. The maximum absolute atomic E-state index is 13.3. The molecule has 1 aliphatic heterocycles. The molecule has 4 atom stereocenters. The van der Waals surface area contributed by atoms with Crippen LogP contribution in [0.3, 0.4) is 0 Å². The van der Waals surface area contributed by atoms with E-state index in [1.54, 1.807) is 20.8 Å². The summed E-state index contributed by atoms with van der Waals surface area (Å²) >= 11 is 5.98. The first kappa shape index (κ1) is 31.5. The first-order valence-corrected chi connectivity index (χ1v) is 14.7. The zero-order valence-corrected chi connectivity index (χ0v) is 24.6. The van der Waals surface area contributed by atoms with Crippen molar-refractivity contribution in [2.45, 2.75) is 89.6 Å². The third-order valence-electron chi connectivity index (χ3n) is 6.85. The van der Waals surface area contributed by atoms with E-state index in [-0.39, 0.29) is 47.2 Å². The van der Waals surface area contributed by atoms with Crippen LogP contribution in [-0.4, -0.2) is 55.5 Å². The summed E-state index contributed by atoms with van der Waals surface area (Å²) in [5, 5.41) is 5.18. The number of ether oxygens (including phenoxy) is 1. The highest BCUT2D eigenvalue weighted by Crippen LogP contribution is 2.42. The van der Waals surface area contributed by atoms with Gasteiger partial charge in [-0.2, -0.15) is 17.5 Å². The molecule has 1 saturated heterocycles. The second kappa shape index (κ2) is 11.1. The van der Waals surface area contributed by atoms with Crippen LogP contribution in [0.1, 0.15) is 66.4 Å². The third kappa shape index (κ3) is 8.00. The van der Waals surface area contributed by atoms with E-state index in [9.17, 15) is 31.2 Å². The molecule has 3 rings (SSSR count). The number of rotatable bonds is 6. The van der Waals surface area contributed by atoms with Crippen LogP contribution in [0.4, 0.5) is 18.0 Å². The number of benzene rings is 1. The molecule has 2 amide bonds. The number of amides is 2. The molecular formula is C26H37ClF3N3O5S. The maximum Gasteiger partial charge on any atom is 0.416 e. The molecule has 2 aliphatic rings. The van der Waals surface area contributed by atoms with Gasteiger partial charge in [-0.1, -0.05) is 32.4 Å². The van der Waals surface area contributed by atoms with Crippen LogP contribution in [0.25, 0.3) is 0 Å². The zero-order chi connectivity index (χ0) is 29.6. The van der Waals surface area contributed by atoms with Crippen molar-refractivity contribution in [1.29, 1.82) is 0 Å². The molecule has 13 heteroatoms. The molecule has 0 spiro atoms. The number of fused-ring (bicyclic) bond motifs is 1. The van der Waals surface area contributed by atoms with E-state index < -0.39 is 44.5 Å². The van der Waals surface area contributed by atoms with Crippen molar-refractivity contribution in [3.05, 3.63) is 28.8 Å². The van der Waals surface area contributed by atoms with Gasteiger partial charge in [0, 0.05) is 19.1 Å². The number of hydrogen-bond donors (Lipinski definition) is 2. The van der Waals surface area contributed by atoms with Gasteiger partial charge in [-0.05, 0) is 75.5 Å². The number of nitrogens with zero attached hydrogens (tertiary/aromatic N) is 1. The molecule has 2 N–H and O–H groups in total. The van der Waals surface area contributed by atoms with Gasteiger partial charge in [0.1, 0.15) is 16.5 Å². The van der Waals surface area contributed by atoms with E-state index in [0.29, 0.717) is 31.4 Å². The highest BCUT2D eigenvalue weighted by Gasteiger charge is 2.47. The number of halogens is 4. The van der Waals surface area contributed by atoms with Crippen LogP contribution in [0.5, 0.6) is 0 Å². The van der Waals surface area contributed by atoms with Crippen molar-refractivity contribution in [2.24, 2.45) is 17.3 Å². The Kier molecular flexibility index (Phi) is 8.94. The van der Waals surface area contributed by atoms with Gasteiger partial charge in [0.25, 0.3) is 0 Å². The predicted molar refractivity (Wildman–Crippen MR) is 141 cm³/mol. The summed E-state index contributed by atoms with van der Waals surface area (Å²) in [5.74, 6) is -0.597. The second-order valence-electron chi connectivity index (χ2n) is 12.5. The second-order valence-corrected chi connectivity index (χ2v) is 14.9. The minimum absolute atomic E-state index is 0.0295. The monoisotopic (exact) mass is 595 g/mol. The molecule has 1 saturated carbocycles. The molecule has 2 fully saturated rings. The first-order chi connectivity index (χ1) is 17.7. The Morgan fingerprint density at radius 2 is 1.74 bits per heavy atom. The summed E-state index contributed by atoms with van der Waals surface area (Å²) in [7, 11) is -4.15. The Balaban J connectivity index is 1.72. The molecule has 1 aromatic rings. The number of hydrogen-bond acceptors (Lipinski definition) is 5. The molecular weight excluding hydrogens is 559 g/mol. The summed E-state index contributed by atoms with van der Waals surface area (Å²) in [6.07, 6.45) is -3.68. The molecule has 1 aliphatic carbocycles. The topological polar surface area (TPSA) is 105 Å². The van der Waals surface area contributed by atoms with Crippen LogP contribution >= 0.6 is 11.6 Å². The fraction of sp³-hybridized carbons (Fsp3) is 0.692. The highest BCUT2D eigenvalue weighted by molar-refractivity contribution is 7.89. The van der Waals surface area contributed by atoms with Crippen molar-refractivity contribution in [1.82, 2.24) is 14.9 Å². The SMILES string of the molecule is CC(C)(C)C[C@H](NC(=O)OC(C)(C)C)C(=O)N[C@H]1CC[C@@H]2CN(S(=O)(=O)c3ccc(C(F)(F)F)cc3Cl)C[C@@H]21. The summed E-state index contributed by atoms with van der Waals surface area (Å²) in [4.78, 5) is 25.3. The van der Waals surface area contributed by atoms with Crippen LogP contribution in [0.15, 0.2) is 23.1 Å². The smallest absolute Gasteiger partial charge is 0.416 e. The molecule has 1 heterocycles. The first-order valence-electron chi connectivity index (χ1n) is 12.8. The van der Waals surface area contributed by atoms with Gasteiger partial charge >= 0.3 is 12.3 Å². The molecule has 0 bridgehead atoms. The van der Waals surface area contributed by atoms with E-state index >= 15 is 0 Å². The Morgan fingerprint density at radius 1 is 1.10 bits per heavy atom. The van der Waals surface area contributed by atoms with Gasteiger partial charge in [0.15, 0.2) is 0 Å². The number of sulfonamides is 1. The minimum atomic E-state index is -4.65. The summed E-state index contributed by atoms with van der Waals surface area (Å²) in [5.41, 5.74) is -2.05. The summed E-state index contributed by atoms with van der Waals surface area (Å²) in [6.45, 7) is 11.3. The lowest BCUT2D eigenvalue weighted by Gasteiger charge is -2.29. The van der Waals surface area contributed by atoms with Crippen molar-refractivity contribution in [3.63, 3.8) is 0 Å². The lowest BCUT2D eigenvalue weighted by molar-refractivity contribution is -0.137.